The largest absolute Gasteiger partial charge is 0.508 e. The Bertz CT molecular complexity index is 1970. The van der Waals surface area contributed by atoms with Crippen molar-refractivity contribution in [3.63, 3.8) is 0 Å². The van der Waals surface area contributed by atoms with Crippen LogP contribution in [-0.4, -0.2) is 75.7 Å². The first-order chi connectivity index (χ1) is 35.7. The third-order valence-corrected chi connectivity index (χ3v) is 25.8. The van der Waals surface area contributed by atoms with Crippen molar-refractivity contribution in [2.75, 3.05) is 13.2 Å². The van der Waals surface area contributed by atoms with Gasteiger partial charge in [0.1, 0.15) is 11.5 Å². The molecule has 2 aromatic carbocycles. The number of aryl methyl sites for hydroxylation is 2. The summed E-state index contributed by atoms with van der Waals surface area (Å²) < 4.78 is 5.99. The average Bonchev–Trinajstić information content (AvgIpc) is 3.37. The van der Waals surface area contributed by atoms with Crippen LogP contribution in [0.2, 0.25) is 102 Å². The SMILES string of the molecule is C.C.CCCCCCCCc1cnc(-c2ccc(O)cc2)nc1.CCCCCCCCc1cnc(-c2ccc(OCCCCCCCC[Si](C)(C)CC[Si](C)(C)C)cc2)nc1.C[Si](C)(C)CC[Si](C)(C)CCCCCCO. The van der Waals surface area contributed by atoms with Gasteiger partial charge in [-0.15, -0.1) is 0 Å². The molecule has 2 heterocycles. The monoisotopic (exact) mass is 1130 g/mol. The number of aromatic hydroxyl groups is 1. The van der Waals surface area contributed by atoms with E-state index in [0.29, 0.717) is 12.4 Å². The number of benzene rings is 2. The molecule has 0 aliphatic rings. The highest BCUT2D eigenvalue weighted by Gasteiger charge is 2.25. The molecule has 0 unspecified atom stereocenters. The Morgan fingerprint density at radius 2 is 0.727 bits per heavy atom. The molecule has 2 N–H and O–H groups in total. The van der Waals surface area contributed by atoms with E-state index in [9.17, 15) is 5.11 Å². The molecule has 0 amide bonds. The van der Waals surface area contributed by atoms with Crippen LogP contribution < -0.4 is 4.74 Å². The van der Waals surface area contributed by atoms with Crippen LogP contribution in [0.15, 0.2) is 73.3 Å². The Labute approximate surface area is 481 Å². The second kappa shape index (κ2) is 42.9. The predicted octanol–water partition coefficient (Wildman–Crippen LogP) is 21.4. The summed E-state index contributed by atoms with van der Waals surface area (Å²) in [6, 6.07) is 24.3. The van der Waals surface area contributed by atoms with E-state index in [1.807, 2.05) is 36.9 Å². The molecule has 77 heavy (non-hydrogen) atoms. The van der Waals surface area contributed by atoms with Crippen LogP contribution >= 0.6 is 0 Å². The fourth-order valence-electron chi connectivity index (χ4n) is 9.14. The summed E-state index contributed by atoms with van der Waals surface area (Å²) in [7, 11) is -3.57. The Balaban J connectivity index is 0.00000125. The average molecular weight is 1130 g/mol. The van der Waals surface area contributed by atoms with E-state index in [2.05, 4.69) is 124 Å². The molecule has 0 atom stereocenters. The second-order valence-corrected chi connectivity index (χ2v) is 47.9. The van der Waals surface area contributed by atoms with Gasteiger partial charge in [0.05, 0.1) is 6.61 Å². The van der Waals surface area contributed by atoms with Crippen molar-refractivity contribution < 1.29 is 14.9 Å². The molecule has 0 fully saturated rings. The first-order valence-electron chi connectivity index (χ1n) is 30.5. The van der Waals surface area contributed by atoms with Crippen LogP contribution in [0.4, 0.5) is 0 Å². The predicted molar refractivity (Wildman–Crippen MR) is 353 cm³/mol. The van der Waals surface area contributed by atoms with E-state index in [1.165, 1.54) is 170 Å². The Morgan fingerprint density at radius 3 is 1.10 bits per heavy atom. The van der Waals surface area contributed by atoms with E-state index in [0.717, 1.165) is 55.0 Å². The van der Waals surface area contributed by atoms with Gasteiger partial charge >= 0.3 is 0 Å². The minimum absolute atomic E-state index is 0. The van der Waals surface area contributed by atoms with E-state index in [4.69, 9.17) is 9.84 Å². The summed E-state index contributed by atoms with van der Waals surface area (Å²) in [5.74, 6) is 2.71. The van der Waals surface area contributed by atoms with Gasteiger partial charge in [-0.1, -0.05) is 246 Å². The molecular formula is C66H122N4O3Si4. The summed E-state index contributed by atoms with van der Waals surface area (Å²) in [6.07, 6.45) is 38.6. The number of aliphatic hydroxyl groups is 1. The van der Waals surface area contributed by atoms with Crippen molar-refractivity contribution in [2.24, 2.45) is 0 Å². The van der Waals surface area contributed by atoms with Gasteiger partial charge in [0.25, 0.3) is 0 Å². The number of nitrogens with zero attached hydrogens (tertiary/aromatic N) is 4. The number of hydrogen-bond donors (Lipinski definition) is 2. The molecule has 0 spiro atoms. The number of unbranched alkanes of at least 4 members (excludes halogenated alkanes) is 18. The molecule has 0 bridgehead atoms. The van der Waals surface area contributed by atoms with Crippen LogP contribution in [0.5, 0.6) is 11.5 Å². The number of aliphatic hydroxyl groups excluding tert-OH is 1. The molecule has 440 valence electrons. The van der Waals surface area contributed by atoms with Gasteiger partial charge in [-0.3, -0.25) is 0 Å². The topological polar surface area (TPSA) is 101 Å². The molecule has 0 saturated carbocycles. The minimum Gasteiger partial charge on any atom is -0.508 e. The maximum absolute atomic E-state index is 9.28. The zero-order chi connectivity index (χ0) is 55.3. The summed E-state index contributed by atoms with van der Waals surface area (Å²) in [6.45, 7) is 31.0. The van der Waals surface area contributed by atoms with E-state index >= 15 is 0 Å². The van der Waals surface area contributed by atoms with Crippen LogP contribution in [0.3, 0.4) is 0 Å². The van der Waals surface area contributed by atoms with Crippen LogP contribution in [-0.2, 0) is 12.8 Å². The quantitative estimate of drug-likeness (QED) is 0.0341. The molecule has 0 aliphatic heterocycles. The molecule has 2 aromatic heterocycles. The van der Waals surface area contributed by atoms with E-state index < -0.39 is 32.3 Å². The van der Waals surface area contributed by atoms with E-state index in [-0.39, 0.29) is 20.6 Å². The van der Waals surface area contributed by atoms with Crippen molar-refractivity contribution in [1.82, 2.24) is 19.9 Å². The van der Waals surface area contributed by atoms with Crippen LogP contribution in [0.1, 0.15) is 181 Å². The Kier molecular flexibility index (Phi) is 41.2. The van der Waals surface area contributed by atoms with Gasteiger partial charge < -0.3 is 14.9 Å². The highest BCUT2D eigenvalue weighted by atomic mass is 28.3. The third kappa shape index (κ3) is 40.0. The normalized spacial score (nSPS) is 11.6. The van der Waals surface area contributed by atoms with Gasteiger partial charge in [-0.2, -0.15) is 0 Å². The second-order valence-electron chi connectivity index (χ2n) is 26.0. The van der Waals surface area contributed by atoms with Gasteiger partial charge in [-0.25, -0.2) is 19.9 Å². The lowest BCUT2D eigenvalue weighted by molar-refractivity contribution is 0.283. The molecular weight excluding hydrogens is 1010 g/mol. The first kappa shape index (κ1) is 74.0. The summed E-state index contributed by atoms with van der Waals surface area (Å²) in [5, 5.41) is 18.0. The third-order valence-electron chi connectivity index (χ3n) is 14.7. The number of phenols is 1. The van der Waals surface area contributed by atoms with Crippen molar-refractivity contribution in [1.29, 1.82) is 0 Å². The zero-order valence-electron chi connectivity index (χ0n) is 50.6. The standard InChI is InChI=1S/C33H58N2OSi2.C18H24N2O.C13H32OSi2.2CH4/c1-7-8-9-10-13-16-19-30-28-34-33(35-29-30)31-20-22-32(23-21-31)36-24-17-14-11-12-15-18-25-38(5,6)27-26-37(2,3)4;1-2-3-4-5-6-7-8-15-13-19-18(20-14-15)16-9-11-17(21)12-10-16;1-15(2,3)12-13-16(4,5)11-9-7-6-8-10-14;;/h20-23,28-29H,7-19,24-27H2,1-6H3;9-14,21H,2-8H2,1H3;14H,6-13H2,1-5H3;2*1H4. The van der Waals surface area contributed by atoms with Crippen LogP contribution in [0, 0.1) is 0 Å². The lowest BCUT2D eigenvalue weighted by Crippen LogP contribution is -2.30. The van der Waals surface area contributed by atoms with Gasteiger partial charge in [-0.05, 0) is 98.2 Å². The minimum atomic E-state index is -0.964. The number of rotatable bonds is 38. The van der Waals surface area contributed by atoms with Crippen molar-refractivity contribution in [3.8, 4) is 34.3 Å². The van der Waals surface area contributed by atoms with Gasteiger partial charge in [0.15, 0.2) is 11.6 Å². The van der Waals surface area contributed by atoms with Crippen molar-refractivity contribution >= 4 is 32.3 Å². The fourth-order valence-corrected chi connectivity index (χ4v) is 23.5. The summed E-state index contributed by atoms with van der Waals surface area (Å²) in [4.78, 5) is 18.0. The van der Waals surface area contributed by atoms with E-state index in [1.54, 1.807) is 18.2 Å². The van der Waals surface area contributed by atoms with Crippen molar-refractivity contribution in [2.45, 2.75) is 285 Å². The molecule has 0 aliphatic carbocycles. The Morgan fingerprint density at radius 1 is 0.390 bits per heavy atom. The van der Waals surface area contributed by atoms with Crippen molar-refractivity contribution in [3.05, 3.63) is 84.4 Å². The molecule has 0 saturated heterocycles. The number of phenolic OH excluding ortho intramolecular Hbond substituents is 1. The van der Waals surface area contributed by atoms with Crippen LogP contribution in [0.25, 0.3) is 22.8 Å². The number of aromatic nitrogens is 4. The maximum Gasteiger partial charge on any atom is 0.159 e. The molecule has 0 radical (unpaired) electrons. The lowest BCUT2D eigenvalue weighted by atomic mass is 10.1. The van der Waals surface area contributed by atoms with Gasteiger partial charge in [0.2, 0.25) is 0 Å². The Hall–Kier alpha value is -2.97. The molecule has 4 aromatic rings. The first-order valence-corrected chi connectivity index (χ1v) is 44.7. The summed E-state index contributed by atoms with van der Waals surface area (Å²) in [5.41, 5.74) is 4.43. The zero-order valence-corrected chi connectivity index (χ0v) is 54.6. The molecule has 11 heteroatoms. The smallest absolute Gasteiger partial charge is 0.159 e. The highest BCUT2D eigenvalue weighted by molar-refractivity contribution is 6.82. The highest BCUT2D eigenvalue weighted by Crippen LogP contribution is 2.28. The molecule has 7 nitrogen and oxygen atoms in total. The van der Waals surface area contributed by atoms with Gasteiger partial charge in [0, 0.05) is 74.8 Å². The number of ether oxygens (including phenoxy) is 1. The number of hydrogen-bond acceptors (Lipinski definition) is 7. The maximum atomic E-state index is 9.28. The molecule has 4 rings (SSSR count). The fraction of sp³-hybridized carbons (Fsp3) is 0.697. The summed E-state index contributed by atoms with van der Waals surface area (Å²) >= 11 is 0. The lowest BCUT2D eigenvalue weighted by Gasteiger charge is -2.26.